The molecular formula is C28H31NO3. The third kappa shape index (κ3) is 6.64. The van der Waals surface area contributed by atoms with Crippen LogP contribution in [0.3, 0.4) is 0 Å². The Morgan fingerprint density at radius 3 is 2.22 bits per heavy atom. The molecule has 3 rings (SSSR count). The summed E-state index contributed by atoms with van der Waals surface area (Å²) in [6.45, 7) is 4.98. The fourth-order valence-electron chi connectivity index (χ4n) is 3.53. The van der Waals surface area contributed by atoms with Crippen LogP contribution < -0.4 is 10.1 Å². The van der Waals surface area contributed by atoms with E-state index in [4.69, 9.17) is 4.74 Å². The van der Waals surface area contributed by atoms with Gasteiger partial charge < -0.3 is 15.2 Å². The van der Waals surface area contributed by atoms with Crippen molar-refractivity contribution in [2.75, 3.05) is 13.2 Å². The van der Waals surface area contributed by atoms with Crippen LogP contribution in [0.15, 0.2) is 84.9 Å². The molecule has 3 aromatic carbocycles. The number of Topliss-reactive ketones (excluding diaryl/α,β-unsaturated/α-hetero) is 1. The first kappa shape index (κ1) is 23.5. The van der Waals surface area contributed by atoms with Crippen LogP contribution in [0.1, 0.15) is 43.1 Å². The fraction of sp³-hybridized carbons (Fsp3) is 0.250. The Hall–Kier alpha value is -3.21. The zero-order chi connectivity index (χ0) is 22.8. The topological polar surface area (TPSA) is 58.6 Å². The molecule has 2 unspecified atom stereocenters. The zero-order valence-corrected chi connectivity index (χ0v) is 18.7. The average molecular weight is 430 g/mol. The number of nitrogens with one attached hydrogen (secondary N) is 1. The van der Waals surface area contributed by atoms with Crippen molar-refractivity contribution < 1.29 is 14.6 Å². The average Bonchev–Trinajstić information content (AvgIpc) is 2.84. The van der Waals surface area contributed by atoms with Gasteiger partial charge in [-0.25, -0.2) is 0 Å². The molecule has 0 fully saturated rings. The van der Waals surface area contributed by atoms with Gasteiger partial charge in [0.15, 0.2) is 5.78 Å². The molecule has 0 heterocycles. The minimum Gasteiger partial charge on any atom is -0.494 e. The Kier molecular flexibility index (Phi) is 8.79. The van der Waals surface area contributed by atoms with E-state index >= 15 is 0 Å². The molecule has 166 valence electrons. The van der Waals surface area contributed by atoms with Crippen molar-refractivity contribution >= 4 is 17.4 Å². The number of ether oxygens (including phenoxy) is 1. The van der Waals surface area contributed by atoms with E-state index < -0.39 is 6.10 Å². The number of hydrogen-bond acceptors (Lipinski definition) is 4. The minimum absolute atomic E-state index is 0.0546. The van der Waals surface area contributed by atoms with Crippen molar-refractivity contribution in [3.63, 3.8) is 0 Å². The van der Waals surface area contributed by atoms with E-state index in [-0.39, 0.29) is 11.8 Å². The molecule has 0 aliphatic carbocycles. The maximum absolute atomic E-state index is 13.1. The molecule has 0 aliphatic rings. The highest BCUT2D eigenvalue weighted by Gasteiger charge is 2.17. The molecule has 4 nitrogen and oxygen atoms in total. The third-order valence-electron chi connectivity index (χ3n) is 5.32. The quantitative estimate of drug-likeness (QED) is 0.321. The molecule has 0 aromatic heterocycles. The summed E-state index contributed by atoms with van der Waals surface area (Å²) in [6, 6.07) is 26.8. The first-order chi connectivity index (χ1) is 15.6. The molecule has 0 radical (unpaired) electrons. The van der Waals surface area contributed by atoms with Gasteiger partial charge >= 0.3 is 0 Å². The lowest BCUT2D eigenvalue weighted by molar-refractivity contribution is -0.113. The lowest BCUT2D eigenvalue weighted by atomic mass is 9.97. The Morgan fingerprint density at radius 1 is 0.969 bits per heavy atom. The van der Waals surface area contributed by atoms with Crippen LogP contribution in [0.2, 0.25) is 0 Å². The number of carbonyl (C=O) groups is 1. The zero-order valence-electron chi connectivity index (χ0n) is 18.7. The standard InChI is InChI=1S/C28H31NO3/c1-3-32-25-16-14-22(15-17-25)20-26(23-10-6-4-7-11-23)27(30)18-19-29-21(2)28(31)24-12-8-5-9-13-24/h4-17,20-21,28-29,31H,3,18-19H2,1-2H3/b26-20+. The van der Waals surface area contributed by atoms with Gasteiger partial charge in [-0.05, 0) is 48.7 Å². The molecule has 0 spiro atoms. The van der Waals surface area contributed by atoms with Crippen molar-refractivity contribution in [3.05, 3.63) is 102 Å². The van der Waals surface area contributed by atoms with E-state index in [0.29, 0.717) is 25.1 Å². The summed E-state index contributed by atoms with van der Waals surface area (Å²) >= 11 is 0. The number of allylic oxidation sites excluding steroid dienone is 1. The molecule has 0 bridgehead atoms. The molecule has 32 heavy (non-hydrogen) atoms. The highest BCUT2D eigenvalue weighted by Crippen LogP contribution is 2.22. The highest BCUT2D eigenvalue weighted by atomic mass is 16.5. The SMILES string of the molecule is CCOc1ccc(/C=C(/C(=O)CCNC(C)C(O)c2ccccc2)c2ccccc2)cc1. The summed E-state index contributed by atoms with van der Waals surface area (Å²) in [6.07, 6.45) is 1.64. The van der Waals surface area contributed by atoms with Crippen molar-refractivity contribution in [1.29, 1.82) is 0 Å². The molecule has 2 N–H and O–H groups in total. The summed E-state index contributed by atoms with van der Waals surface area (Å²) < 4.78 is 5.51. The van der Waals surface area contributed by atoms with Gasteiger partial charge in [-0.3, -0.25) is 4.79 Å². The van der Waals surface area contributed by atoms with Gasteiger partial charge in [0.05, 0.1) is 12.7 Å². The van der Waals surface area contributed by atoms with Gasteiger partial charge in [-0.1, -0.05) is 72.8 Å². The van der Waals surface area contributed by atoms with Crippen molar-refractivity contribution in [2.24, 2.45) is 0 Å². The maximum atomic E-state index is 13.1. The molecule has 0 saturated carbocycles. The van der Waals surface area contributed by atoms with E-state index in [2.05, 4.69) is 5.32 Å². The van der Waals surface area contributed by atoms with Crippen LogP contribution in [0.25, 0.3) is 11.6 Å². The summed E-state index contributed by atoms with van der Waals surface area (Å²) in [5.41, 5.74) is 3.37. The van der Waals surface area contributed by atoms with Crippen LogP contribution >= 0.6 is 0 Å². The van der Waals surface area contributed by atoms with Gasteiger partial charge in [0.25, 0.3) is 0 Å². The van der Waals surface area contributed by atoms with Gasteiger partial charge in [0, 0.05) is 24.6 Å². The normalized spacial score (nSPS) is 13.4. The van der Waals surface area contributed by atoms with E-state index in [9.17, 15) is 9.90 Å². The van der Waals surface area contributed by atoms with E-state index in [1.165, 1.54) is 0 Å². The Morgan fingerprint density at radius 2 is 1.59 bits per heavy atom. The first-order valence-corrected chi connectivity index (χ1v) is 11.1. The van der Waals surface area contributed by atoms with Crippen LogP contribution in [-0.2, 0) is 4.79 Å². The number of rotatable bonds is 11. The molecule has 0 saturated heterocycles. The second kappa shape index (κ2) is 12.0. The van der Waals surface area contributed by atoms with E-state index in [0.717, 1.165) is 22.4 Å². The van der Waals surface area contributed by atoms with Crippen molar-refractivity contribution in [3.8, 4) is 5.75 Å². The van der Waals surface area contributed by atoms with Crippen LogP contribution in [-0.4, -0.2) is 30.1 Å². The fourth-order valence-corrected chi connectivity index (χ4v) is 3.53. The number of aliphatic hydroxyl groups excluding tert-OH is 1. The predicted molar refractivity (Wildman–Crippen MR) is 130 cm³/mol. The smallest absolute Gasteiger partial charge is 0.164 e. The number of carbonyl (C=O) groups excluding carboxylic acids is 1. The number of aliphatic hydroxyl groups is 1. The second-order valence-corrected chi connectivity index (χ2v) is 7.70. The molecule has 0 amide bonds. The molecule has 3 aromatic rings. The Bertz CT molecular complexity index is 998. The number of hydrogen-bond donors (Lipinski definition) is 2. The van der Waals surface area contributed by atoms with Crippen molar-refractivity contribution in [2.45, 2.75) is 32.4 Å². The molecule has 0 aliphatic heterocycles. The summed E-state index contributed by atoms with van der Waals surface area (Å²) in [7, 11) is 0. The summed E-state index contributed by atoms with van der Waals surface area (Å²) in [5.74, 6) is 0.867. The Labute approximate surface area is 190 Å². The maximum Gasteiger partial charge on any atom is 0.164 e. The minimum atomic E-state index is -0.626. The first-order valence-electron chi connectivity index (χ1n) is 11.1. The predicted octanol–water partition coefficient (Wildman–Crippen LogP) is 5.30. The van der Waals surface area contributed by atoms with Gasteiger partial charge in [-0.2, -0.15) is 0 Å². The lowest BCUT2D eigenvalue weighted by Gasteiger charge is -2.20. The van der Waals surface area contributed by atoms with Crippen LogP contribution in [0, 0.1) is 0 Å². The second-order valence-electron chi connectivity index (χ2n) is 7.70. The molecule has 2 atom stereocenters. The lowest BCUT2D eigenvalue weighted by Crippen LogP contribution is -2.33. The Balaban J connectivity index is 1.68. The van der Waals surface area contributed by atoms with Crippen molar-refractivity contribution in [1.82, 2.24) is 5.32 Å². The summed E-state index contributed by atoms with van der Waals surface area (Å²) in [5, 5.41) is 13.8. The molecular weight excluding hydrogens is 398 g/mol. The van der Waals surface area contributed by atoms with E-state index in [1.54, 1.807) is 0 Å². The van der Waals surface area contributed by atoms with Crippen LogP contribution in [0.4, 0.5) is 0 Å². The largest absolute Gasteiger partial charge is 0.494 e. The van der Waals surface area contributed by atoms with Gasteiger partial charge in [0.1, 0.15) is 5.75 Å². The number of benzene rings is 3. The van der Waals surface area contributed by atoms with Gasteiger partial charge in [0.2, 0.25) is 0 Å². The highest BCUT2D eigenvalue weighted by molar-refractivity contribution is 6.25. The summed E-state index contributed by atoms with van der Waals surface area (Å²) in [4.78, 5) is 13.1. The van der Waals surface area contributed by atoms with E-state index in [1.807, 2.05) is 105 Å². The molecule has 4 heteroatoms. The van der Waals surface area contributed by atoms with Crippen LogP contribution in [0.5, 0.6) is 5.75 Å². The van der Waals surface area contributed by atoms with Gasteiger partial charge in [-0.15, -0.1) is 0 Å². The monoisotopic (exact) mass is 429 g/mol. The number of ketones is 1. The third-order valence-corrected chi connectivity index (χ3v) is 5.32.